The zero-order valence-electron chi connectivity index (χ0n) is 8.61. The molecule has 1 heterocycles. The number of hydrogen-bond acceptors (Lipinski definition) is 3. The lowest BCUT2D eigenvalue weighted by atomic mass is 10.2. The van der Waals surface area contributed by atoms with E-state index in [9.17, 15) is 8.42 Å². The third-order valence-electron chi connectivity index (χ3n) is 2.80. The van der Waals surface area contributed by atoms with Gasteiger partial charge in [0.05, 0.1) is 0 Å². The molecule has 1 rings (SSSR count). The van der Waals surface area contributed by atoms with Gasteiger partial charge in [0.1, 0.15) is 0 Å². The molecule has 0 aromatic carbocycles. The Bertz CT molecular complexity index is 273. The molecular weight excluding hydrogens is 224 g/mol. The Hall–Kier alpha value is 0.160. The molecule has 1 atom stereocenters. The highest BCUT2D eigenvalue weighted by molar-refractivity contribution is 8.11. The maximum atomic E-state index is 11.0. The lowest BCUT2D eigenvalue weighted by Crippen LogP contribution is -2.50. The Morgan fingerprint density at radius 2 is 1.79 bits per heavy atom. The average molecular weight is 241 g/mol. The van der Waals surface area contributed by atoms with Crippen molar-refractivity contribution in [3.8, 4) is 0 Å². The molecule has 1 unspecified atom stereocenters. The van der Waals surface area contributed by atoms with Gasteiger partial charge in [-0.2, -0.15) is 12.7 Å². The predicted octanol–water partition coefficient (Wildman–Crippen LogP) is 0.886. The Morgan fingerprint density at radius 1 is 1.29 bits per heavy atom. The summed E-state index contributed by atoms with van der Waals surface area (Å²) >= 11 is 0. The van der Waals surface area contributed by atoms with E-state index in [2.05, 4.69) is 18.7 Å². The Balaban J connectivity index is 2.47. The molecule has 0 bridgehead atoms. The fourth-order valence-corrected chi connectivity index (χ4v) is 2.63. The average Bonchev–Trinajstić information content (AvgIpc) is 2.15. The summed E-state index contributed by atoms with van der Waals surface area (Å²) in [7, 11) is 1.75. The van der Waals surface area contributed by atoms with E-state index in [1.807, 2.05) is 0 Å². The van der Waals surface area contributed by atoms with Crippen LogP contribution in [-0.4, -0.2) is 49.8 Å². The van der Waals surface area contributed by atoms with Gasteiger partial charge in [-0.05, 0) is 13.3 Å². The first kappa shape index (κ1) is 12.2. The number of rotatable bonds is 3. The summed E-state index contributed by atoms with van der Waals surface area (Å²) in [6, 6.07) is 0.523. The summed E-state index contributed by atoms with van der Waals surface area (Å²) in [6.07, 6.45) is 1.09. The Morgan fingerprint density at radius 3 is 2.14 bits per heavy atom. The smallest absolute Gasteiger partial charge is 0.298 e. The van der Waals surface area contributed by atoms with Crippen molar-refractivity contribution in [1.82, 2.24) is 9.21 Å². The number of piperazine rings is 1. The second-order valence-corrected chi connectivity index (χ2v) is 6.14. The maximum Gasteiger partial charge on any atom is 0.299 e. The van der Waals surface area contributed by atoms with Crippen LogP contribution in [0.1, 0.15) is 20.3 Å². The van der Waals surface area contributed by atoms with Gasteiger partial charge in [0, 0.05) is 42.9 Å². The van der Waals surface area contributed by atoms with E-state index in [0.29, 0.717) is 19.1 Å². The summed E-state index contributed by atoms with van der Waals surface area (Å²) in [6.45, 7) is 6.87. The van der Waals surface area contributed by atoms with E-state index < -0.39 is 9.24 Å². The predicted molar refractivity (Wildman–Crippen MR) is 57.7 cm³/mol. The second-order valence-electron chi connectivity index (χ2n) is 3.63. The van der Waals surface area contributed by atoms with Crippen LogP contribution in [-0.2, 0) is 9.24 Å². The van der Waals surface area contributed by atoms with Crippen molar-refractivity contribution in [3.05, 3.63) is 0 Å². The zero-order valence-corrected chi connectivity index (χ0v) is 10.2. The minimum Gasteiger partial charge on any atom is -0.298 e. The van der Waals surface area contributed by atoms with Crippen LogP contribution in [0.15, 0.2) is 0 Å². The molecule has 84 valence electrons. The molecule has 1 aliphatic heterocycles. The highest BCUT2D eigenvalue weighted by atomic mass is 35.7. The third kappa shape index (κ3) is 3.08. The van der Waals surface area contributed by atoms with Gasteiger partial charge in [0.2, 0.25) is 0 Å². The lowest BCUT2D eigenvalue weighted by Gasteiger charge is -2.35. The van der Waals surface area contributed by atoms with Crippen LogP contribution >= 0.6 is 10.7 Å². The van der Waals surface area contributed by atoms with E-state index in [4.69, 9.17) is 10.7 Å². The van der Waals surface area contributed by atoms with Crippen molar-refractivity contribution >= 4 is 19.9 Å². The largest absolute Gasteiger partial charge is 0.299 e. The molecule has 0 amide bonds. The van der Waals surface area contributed by atoms with Crippen LogP contribution in [0.25, 0.3) is 0 Å². The van der Waals surface area contributed by atoms with Crippen molar-refractivity contribution < 1.29 is 8.42 Å². The molecule has 0 radical (unpaired) electrons. The van der Waals surface area contributed by atoms with Crippen LogP contribution < -0.4 is 0 Å². The van der Waals surface area contributed by atoms with Crippen LogP contribution in [0.5, 0.6) is 0 Å². The molecule has 0 aromatic heterocycles. The molecular formula is C8H17ClN2O2S. The van der Waals surface area contributed by atoms with Gasteiger partial charge in [-0.3, -0.25) is 4.90 Å². The SMILES string of the molecule is CCC(C)N1CCN(S(=O)(=O)Cl)CC1. The van der Waals surface area contributed by atoms with Crippen LogP contribution in [0.3, 0.4) is 0 Å². The molecule has 1 aliphatic rings. The number of hydrogen-bond donors (Lipinski definition) is 0. The first-order valence-electron chi connectivity index (χ1n) is 4.89. The van der Waals surface area contributed by atoms with Crippen molar-refractivity contribution in [2.75, 3.05) is 26.2 Å². The normalized spacial score (nSPS) is 23.6. The van der Waals surface area contributed by atoms with E-state index in [1.165, 1.54) is 4.31 Å². The Labute approximate surface area is 90.4 Å². The second kappa shape index (κ2) is 4.79. The van der Waals surface area contributed by atoms with Gasteiger partial charge < -0.3 is 0 Å². The summed E-state index contributed by atoms with van der Waals surface area (Å²) in [5.74, 6) is 0. The molecule has 1 fully saturated rings. The van der Waals surface area contributed by atoms with Crippen LogP contribution in [0.2, 0.25) is 0 Å². The molecule has 0 N–H and O–H groups in total. The fraction of sp³-hybridized carbons (Fsp3) is 1.00. The first-order chi connectivity index (χ1) is 6.45. The highest BCUT2D eigenvalue weighted by Crippen LogP contribution is 2.13. The third-order valence-corrected chi connectivity index (χ3v) is 4.36. The summed E-state index contributed by atoms with van der Waals surface area (Å²) in [4.78, 5) is 2.29. The van der Waals surface area contributed by atoms with Gasteiger partial charge in [-0.1, -0.05) is 6.92 Å². The van der Waals surface area contributed by atoms with Gasteiger partial charge in [-0.15, -0.1) is 0 Å². The van der Waals surface area contributed by atoms with Gasteiger partial charge in [0.15, 0.2) is 0 Å². The standard InChI is InChI=1S/C8H17ClN2O2S/c1-3-8(2)10-4-6-11(7-5-10)14(9,12)13/h8H,3-7H2,1-2H3. The van der Waals surface area contributed by atoms with E-state index in [-0.39, 0.29) is 0 Å². The van der Waals surface area contributed by atoms with E-state index in [0.717, 1.165) is 19.5 Å². The van der Waals surface area contributed by atoms with E-state index in [1.54, 1.807) is 0 Å². The summed E-state index contributed by atoms with van der Waals surface area (Å²) in [5, 5.41) is 0. The molecule has 0 spiro atoms. The molecule has 0 saturated carbocycles. The number of halogens is 1. The zero-order chi connectivity index (χ0) is 10.8. The van der Waals surface area contributed by atoms with Gasteiger partial charge in [-0.25, -0.2) is 0 Å². The molecule has 4 nitrogen and oxygen atoms in total. The van der Waals surface area contributed by atoms with Crippen molar-refractivity contribution in [2.45, 2.75) is 26.3 Å². The molecule has 1 saturated heterocycles. The number of nitrogens with zero attached hydrogens (tertiary/aromatic N) is 2. The van der Waals surface area contributed by atoms with Crippen molar-refractivity contribution in [2.24, 2.45) is 0 Å². The van der Waals surface area contributed by atoms with E-state index >= 15 is 0 Å². The van der Waals surface area contributed by atoms with Crippen LogP contribution in [0.4, 0.5) is 0 Å². The molecule has 14 heavy (non-hydrogen) atoms. The first-order valence-corrected chi connectivity index (χ1v) is 7.15. The monoisotopic (exact) mass is 240 g/mol. The minimum atomic E-state index is -3.50. The van der Waals surface area contributed by atoms with Gasteiger partial charge in [0.25, 0.3) is 9.24 Å². The van der Waals surface area contributed by atoms with Crippen molar-refractivity contribution in [3.63, 3.8) is 0 Å². The topological polar surface area (TPSA) is 40.6 Å². The quantitative estimate of drug-likeness (QED) is 0.688. The molecule has 6 heteroatoms. The fourth-order valence-electron chi connectivity index (χ4n) is 1.62. The highest BCUT2D eigenvalue weighted by Gasteiger charge is 2.26. The Kier molecular flexibility index (Phi) is 4.18. The van der Waals surface area contributed by atoms with Crippen molar-refractivity contribution in [1.29, 1.82) is 0 Å². The molecule has 0 aliphatic carbocycles. The summed E-state index contributed by atoms with van der Waals surface area (Å²) in [5.41, 5.74) is 0. The minimum absolute atomic E-state index is 0.510. The lowest BCUT2D eigenvalue weighted by molar-refractivity contribution is 0.144. The van der Waals surface area contributed by atoms with Crippen LogP contribution in [0, 0.1) is 0 Å². The van der Waals surface area contributed by atoms with Gasteiger partial charge >= 0.3 is 0 Å². The summed E-state index contributed by atoms with van der Waals surface area (Å²) < 4.78 is 23.3. The maximum absolute atomic E-state index is 11.0. The molecule has 0 aromatic rings.